The molecule has 2 unspecified atom stereocenters. The summed E-state index contributed by atoms with van der Waals surface area (Å²) in [6.45, 7) is 0.916. The maximum atomic E-state index is 12.3. The van der Waals surface area contributed by atoms with E-state index in [1.54, 1.807) is 0 Å². The SMILES string of the molecule is NC1(C(=O)NCC2CCN(CC(F)(F)F)C2)CCOC1. The van der Waals surface area contributed by atoms with E-state index in [1.807, 2.05) is 0 Å². The van der Waals surface area contributed by atoms with Crippen LogP contribution in [0.5, 0.6) is 0 Å². The fourth-order valence-electron chi connectivity index (χ4n) is 2.65. The fourth-order valence-corrected chi connectivity index (χ4v) is 2.65. The Bertz CT molecular complexity index is 356. The Hall–Kier alpha value is -0.860. The summed E-state index contributed by atoms with van der Waals surface area (Å²) in [4.78, 5) is 13.3. The van der Waals surface area contributed by atoms with E-state index in [4.69, 9.17) is 10.5 Å². The third-order valence-electron chi connectivity index (χ3n) is 3.83. The van der Waals surface area contributed by atoms with E-state index in [0.717, 1.165) is 0 Å². The maximum absolute atomic E-state index is 12.3. The molecule has 20 heavy (non-hydrogen) atoms. The largest absolute Gasteiger partial charge is 0.401 e. The lowest BCUT2D eigenvalue weighted by atomic mass is 9.99. The first kappa shape index (κ1) is 15.5. The second-order valence-electron chi connectivity index (χ2n) is 5.67. The number of nitrogens with zero attached hydrogens (tertiary/aromatic N) is 1. The van der Waals surface area contributed by atoms with Crippen LogP contribution in [0.2, 0.25) is 0 Å². The molecule has 2 aliphatic heterocycles. The van der Waals surface area contributed by atoms with Gasteiger partial charge in [-0.1, -0.05) is 0 Å². The number of rotatable bonds is 4. The van der Waals surface area contributed by atoms with Crippen molar-refractivity contribution in [1.29, 1.82) is 0 Å². The van der Waals surface area contributed by atoms with Crippen LogP contribution in [-0.2, 0) is 9.53 Å². The molecule has 2 aliphatic rings. The third kappa shape index (κ3) is 4.07. The van der Waals surface area contributed by atoms with Crippen LogP contribution in [0.15, 0.2) is 0 Å². The van der Waals surface area contributed by atoms with Gasteiger partial charge in [0.05, 0.1) is 13.2 Å². The quantitative estimate of drug-likeness (QED) is 0.772. The van der Waals surface area contributed by atoms with Gasteiger partial charge in [0.25, 0.3) is 0 Å². The monoisotopic (exact) mass is 295 g/mol. The molecule has 0 aromatic rings. The average molecular weight is 295 g/mol. The molecule has 2 heterocycles. The van der Waals surface area contributed by atoms with E-state index in [0.29, 0.717) is 39.1 Å². The van der Waals surface area contributed by atoms with Gasteiger partial charge in [0, 0.05) is 19.7 Å². The molecule has 2 saturated heterocycles. The fraction of sp³-hybridized carbons (Fsp3) is 0.917. The molecule has 2 rings (SSSR count). The van der Waals surface area contributed by atoms with Crippen molar-refractivity contribution in [3.63, 3.8) is 0 Å². The summed E-state index contributed by atoms with van der Waals surface area (Å²) < 4.78 is 41.9. The van der Waals surface area contributed by atoms with E-state index < -0.39 is 18.3 Å². The van der Waals surface area contributed by atoms with Crippen molar-refractivity contribution >= 4 is 5.91 Å². The highest BCUT2D eigenvalue weighted by molar-refractivity contribution is 5.86. The molecule has 0 aliphatic carbocycles. The van der Waals surface area contributed by atoms with Crippen LogP contribution in [-0.4, -0.2) is 61.9 Å². The number of carbonyl (C=O) groups is 1. The molecule has 0 saturated carbocycles. The Morgan fingerprint density at radius 1 is 1.50 bits per heavy atom. The summed E-state index contributed by atoms with van der Waals surface area (Å²) >= 11 is 0. The predicted octanol–water partition coefficient (Wildman–Crippen LogP) is 0.105. The molecule has 2 atom stereocenters. The van der Waals surface area contributed by atoms with Crippen molar-refractivity contribution in [3.05, 3.63) is 0 Å². The van der Waals surface area contributed by atoms with Crippen LogP contribution in [0.3, 0.4) is 0 Å². The number of carbonyl (C=O) groups excluding carboxylic acids is 1. The summed E-state index contributed by atoms with van der Waals surface area (Å²) in [6, 6.07) is 0. The number of nitrogens with one attached hydrogen (secondary N) is 1. The summed E-state index contributed by atoms with van der Waals surface area (Å²) in [7, 11) is 0. The minimum absolute atomic E-state index is 0.0484. The summed E-state index contributed by atoms with van der Waals surface area (Å²) in [5, 5.41) is 2.74. The zero-order valence-corrected chi connectivity index (χ0v) is 11.2. The van der Waals surface area contributed by atoms with Crippen LogP contribution in [0, 0.1) is 5.92 Å². The highest BCUT2D eigenvalue weighted by Crippen LogP contribution is 2.22. The molecule has 0 spiro atoms. The molecule has 0 aromatic heterocycles. The Morgan fingerprint density at radius 2 is 2.25 bits per heavy atom. The summed E-state index contributed by atoms with van der Waals surface area (Å²) in [6.07, 6.45) is -3.03. The third-order valence-corrected chi connectivity index (χ3v) is 3.83. The molecule has 5 nitrogen and oxygen atoms in total. The molecule has 0 radical (unpaired) electrons. The first-order valence-electron chi connectivity index (χ1n) is 6.72. The molecule has 3 N–H and O–H groups in total. The maximum Gasteiger partial charge on any atom is 0.401 e. The van der Waals surface area contributed by atoms with E-state index in [2.05, 4.69) is 5.32 Å². The van der Waals surface area contributed by atoms with E-state index in [1.165, 1.54) is 4.90 Å². The van der Waals surface area contributed by atoms with Crippen LogP contribution in [0.1, 0.15) is 12.8 Å². The predicted molar refractivity (Wildman–Crippen MR) is 66.0 cm³/mol. The first-order valence-corrected chi connectivity index (χ1v) is 6.72. The van der Waals surface area contributed by atoms with Crippen molar-refractivity contribution in [1.82, 2.24) is 10.2 Å². The molecule has 2 fully saturated rings. The minimum Gasteiger partial charge on any atom is -0.379 e. The van der Waals surface area contributed by atoms with Gasteiger partial charge in [-0.05, 0) is 25.3 Å². The number of hydrogen-bond acceptors (Lipinski definition) is 4. The average Bonchev–Trinajstić information content (AvgIpc) is 2.94. The van der Waals surface area contributed by atoms with E-state index in [9.17, 15) is 18.0 Å². The second kappa shape index (κ2) is 5.87. The molecular formula is C12H20F3N3O2. The minimum atomic E-state index is -4.17. The summed E-state index contributed by atoms with van der Waals surface area (Å²) in [5.41, 5.74) is 4.92. The van der Waals surface area contributed by atoms with Crippen molar-refractivity contribution in [2.24, 2.45) is 11.7 Å². The standard InChI is InChI=1S/C12H20F3N3O2/c13-12(14,15)7-18-3-1-9(6-18)5-17-10(19)11(16)2-4-20-8-11/h9H,1-8,16H2,(H,17,19). The van der Waals surface area contributed by atoms with Gasteiger partial charge >= 0.3 is 6.18 Å². The number of amides is 1. The second-order valence-corrected chi connectivity index (χ2v) is 5.67. The zero-order chi connectivity index (χ0) is 14.8. The number of likely N-dealkylation sites (tertiary alicyclic amines) is 1. The van der Waals surface area contributed by atoms with Gasteiger partial charge in [-0.25, -0.2) is 0 Å². The number of nitrogens with two attached hydrogens (primary N) is 1. The topological polar surface area (TPSA) is 67.6 Å². The van der Waals surface area contributed by atoms with Crippen molar-refractivity contribution in [2.75, 3.05) is 39.4 Å². The Morgan fingerprint density at radius 3 is 2.85 bits per heavy atom. The normalized spacial score (nSPS) is 31.7. The lowest BCUT2D eigenvalue weighted by Crippen LogP contribution is -2.55. The first-order chi connectivity index (χ1) is 9.28. The lowest BCUT2D eigenvalue weighted by Gasteiger charge is -2.22. The van der Waals surface area contributed by atoms with Gasteiger partial charge in [0.2, 0.25) is 5.91 Å². The van der Waals surface area contributed by atoms with Gasteiger partial charge < -0.3 is 15.8 Å². The van der Waals surface area contributed by atoms with Gasteiger partial charge in [-0.3, -0.25) is 9.69 Å². The molecule has 116 valence electrons. The van der Waals surface area contributed by atoms with Gasteiger partial charge in [-0.2, -0.15) is 13.2 Å². The van der Waals surface area contributed by atoms with E-state index >= 15 is 0 Å². The van der Waals surface area contributed by atoms with Crippen molar-refractivity contribution < 1.29 is 22.7 Å². The van der Waals surface area contributed by atoms with E-state index in [-0.39, 0.29) is 18.4 Å². The molecule has 8 heteroatoms. The van der Waals surface area contributed by atoms with Crippen molar-refractivity contribution in [2.45, 2.75) is 24.6 Å². The van der Waals surface area contributed by atoms with Crippen LogP contribution in [0.4, 0.5) is 13.2 Å². The molecule has 0 bridgehead atoms. The van der Waals surface area contributed by atoms with Gasteiger partial charge in [0.15, 0.2) is 0 Å². The van der Waals surface area contributed by atoms with Crippen LogP contribution in [0.25, 0.3) is 0 Å². The summed E-state index contributed by atoms with van der Waals surface area (Å²) in [5.74, 6) is -0.225. The van der Waals surface area contributed by atoms with Crippen LogP contribution < -0.4 is 11.1 Å². The number of ether oxygens (including phenoxy) is 1. The van der Waals surface area contributed by atoms with Gasteiger partial charge in [0.1, 0.15) is 5.54 Å². The lowest BCUT2D eigenvalue weighted by molar-refractivity contribution is -0.143. The molecular weight excluding hydrogens is 275 g/mol. The Kier molecular flexibility index (Phi) is 4.55. The molecule has 0 aromatic carbocycles. The van der Waals surface area contributed by atoms with Gasteiger partial charge in [-0.15, -0.1) is 0 Å². The molecule has 1 amide bonds. The smallest absolute Gasteiger partial charge is 0.379 e. The zero-order valence-electron chi connectivity index (χ0n) is 11.2. The highest BCUT2D eigenvalue weighted by Gasteiger charge is 2.39. The number of halogens is 3. The Labute approximate surface area is 115 Å². The van der Waals surface area contributed by atoms with Crippen molar-refractivity contribution in [3.8, 4) is 0 Å². The van der Waals surface area contributed by atoms with Crippen LogP contribution >= 0.6 is 0 Å². The number of hydrogen-bond donors (Lipinski definition) is 2. The Balaban J connectivity index is 1.72. The highest BCUT2D eigenvalue weighted by atomic mass is 19.4. The number of alkyl halides is 3.